The van der Waals surface area contributed by atoms with Crippen LogP contribution in [0.4, 0.5) is 9.52 Å². The number of nitrogens with zero attached hydrogens (tertiary/aromatic N) is 3. The van der Waals surface area contributed by atoms with Gasteiger partial charge < -0.3 is 14.9 Å². The number of halogens is 1. The van der Waals surface area contributed by atoms with Gasteiger partial charge in [0.1, 0.15) is 17.1 Å². The van der Waals surface area contributed by atoms with E-state index in [2.05, 4.69) is 10.2 Å². The fraction of sp³-hybridized carbons (Fsp3) is 0.100. The van der Waals surface area contributed by atoms with Crippen molar-refractivity contribution in [2.45, 2.75) is 6.04 Å². The minimum Gasteiger partial charge on any atom is -0.507 e. The molecule has 2 aromatic carbocycles. The SMILES string of the molecule is COc1cc([C@@H]2/C(=C(\O)c3ccc(F)cc3)C(=O)C(=O)N2c2nncs2)ccc1O. The summed E-state index contributed by atoms with van der Waals surface area (Å²) in [6.45, 7) is 0. The van der Waals surface area contributed by atoms with E-state index in [0.29, 0.717) is 5.56 Å². The van der Waals surface area contributed by atoms with Crippen molar-refractivity contribution >= 4 is 33.9 Å². The van der Waals surface area contributed by atoms with E-state index in [4.69, 9.17) is 4.74 Å². The second kappa shape index (κ2) is 7.56. The summed E-state index contributed by atoms with van der Waals surface area (Å²) in [6, 6.07) is 8.13. The molecule has 0 aliphatic carbocycles. The molecule has 3 aromatic rings. The maximum absolute atomic E-state index is 13.3. The number of aliphatic hydroxyl groups is 1. The second-order valence-electron chi connectivity index (χ2n) is 6.33. The Balaban J connectivity index is 1.95. The van der Waals surface area contributed by atoms with Gasteiger partial charge in [-0.3, -0.25) is 14.5 Å². The molecule has 0 bridgehead atoms. The Morgan fingerprint density at radius 2 is 1.93 bits per heavy atom. The molecule has 8 nitrogen and oxygen atoms in total. The summed E-state index contributed by atoms with van der Waals surface area (Å²) in [6.07, 6.45) is 0. The summed E-state index contributed by atoms with van der Waals surface area (Å²) in [7, 11) is 1.36. The third-order valence-corrected chi connectivity index (χ3v) is 5.33. The number of ether oxygens (including phenoxy) is 1. The minimum absolute atomic E-state index is 0.122. The van der Waals surface area contributed by atoms with Gasteiger partial charge in [0.25, 0.3) is 5.78 Å². The van der Waals surface area contributed by atoms with Gasteiger partial charge in [-0.15, -0.1) is 10.2 Å². The molecule has 1 amide bonds. The second-order valence-corrected chi connectivity index (χ2v) is 7.14. The number of aliphatic hydroxyl groups excluding tert-OH is 1. The van der Waals surface area contributed by atoms with Crippen LogP contribution in [0.1, 0.15) is 17.2 Å². The first-order chi connectivity index (χ1) is 14.4. The van der Waals surface area contributed by atoms with E-state index in [0.717, 1.165) is 28.4 Å². The fourth-order valence-electron chi connectivity index (χ4n) is 3.24. The van der Waals surface area contributed by atoms with E-state index >= 15 is 0 Å². The van der Waals surface area contributed by atoms with Crippen LogP contribution in [0.15, 0.2) is 53.5 Å². The molecule has 1 fully saturated rings. The van der Waals surface area contributed by atoms with Crippen LogP contribution in [0.2, 0.25) is 0 Å². The first kappa shape index (κ1) is 19.5. The number of carbonyl (C=O) groups is 2. The Hall–Kier alpha value is -3.79. The molecule has 0 saturated carbocycles. The number of methoxy groups -OCH3 is 1. The third-order valence-electron chi connectivity index (χ3n) is 4.64. The third kappa shape index (κ3) is 3.16. The van der Waals surface area contributed by atoms with Gasteiger partial charge in [0.15, 0.2) is 11.5 Å². The number of amides is 1. The highest BCUT2D eigenvalue weighted by Gasteiger charge is 2.48. The lowest BCUT2D eigenvalue weighted by atomic mass is 9.95. The zero-order valence-corrected chi connectivity index (χ0v) is 16.3. The number of ketones is 1. The molecule has 30 heavy (non-hydrogen) atoms. The molecule has 1 atom stereocenters. The summed E-state index contributed by atoms with van der Waals surface area (Å²) in [4.78, 5) is 26.9. The van der Waals surface area contributed by atoms with Crippen molar-refractivity contribution in [2.24, 2.45) is 0 Å². The molecule has 0 unspecified atom stereocenters. The Labute approximate surface area is 173 Å². The van der Waals surface area contributed by atoms with E-state index in [-0.39, 0.29) is 27.8 Å². The van der Waals surface area contributed by atoms with Crippen molar-refractivity contribution in [1.82, 2.24) is 10.2 Å². The summed E-state index contributed by atoms with van der Waals surface area (Å²) >= 11 is 1.05. The highest BCUT2D eigenvalue weighted by Crippen LogP contribution is 2.44. The van der Waals surface area contributed by atoms with Crippen molar-refractivity contribution in [3.05, 3.63) is 70.5 Å². The van der Waals surface area contributed by atoms with Crippen LogP contribution in [-0.2, 0) is 9.59 Å². The van der Waals surface area contributed by atoms with E-state index in [9.17, 15) is 24.2 Å². The average molecular weight is 427 g/mol. The molecule has 1 aliphatic heterocycles. The molecule has 0 radical (unpaired) electrons. The number of benzene rings is 2. The van der Waals surface area contributed by atoms with Gasteiger partial charge in [-0.2, -0.15) is 0 Å². The molecule has 1 saturated heterocycles. The van der Waals surface area contributed by atoms with Crippen molar-refractivity contribution in [2.75, 3.05) is 12.0 Å². The highest BCUT2D eigenvalue weighted by molar-refractivity contribution is 7.13. The number of aromatic hydroxyl groups is 1. The van der Waals surface area contributed by atoms with Crippen LogP contribution in [-0.4, -0.2) is 39.2 Å². The number of hydrogen-bond acceptors (Lipinski definition) is 8. The summed E-state index contributed by atoms with van der Waals surface area (Å²) < 4.78 is 18.4. The molecule has 1 aliphatic rings. The smallest absolute Gasteiger partial charge is 0.301 e. The first-order valence-corrected chi connectivity index (χ1v) is 9.50. The van der Waals surface area contributed by atoms with Gasteiger partial charge in [0.2, 0.25) is 5.13 Å². The lowest BCUT2D eigenvalue weighted by Gasteiger charge is -2.23. The quantitative estimate of drug-likeness (QED) is 0.374. The topological polar surface area (TPSA) is 113 Å². The Morgan fingerprint density at radius 3 is 2.57 bits per heavy atom. The van der Waals surface area contributed by atoms with Crippen LogP contribution >= 0.6 is 11.3 Å². The van der Waals surface area contributed by atoms with Crippen LogP contribution in [0.5, 0.6) is 11.5 Å². The van der Waals surface area contributed by atoms with E-state index in [1.54, 1.807) is 0 Å². The van der Waals surface area contributed by atoms with Gasteiger partial charge in [-0.1, -0.05) is 17.4 Å². The van der Waals surface area contributed by atoms with Crippen LogP contribution in [0.3, 0.4) is 0 Å². The van der Waals surface area contributed by atoms with Gasteiger partial charge in [-0.25, -0.2) is 4.39 Å². The first-order valence-electron chi connectivity index (χ1n) is 8.62. The monoisotopic (exact) mass is 427 g/mol. The molecule has 1 aromatic heterocycles. The summed E-state index contributed by atoms with van der Waals surface area (Å²) in [5.41, 5.74) is 1.77. The van der Waals surface area contributed by atoms with Crippen molar-refractivity contribution < 1.29 is 28.9 Å². The number of hydrogen-bond donors (Lipinski definition) is 2. The van der Waals surface area contributed by atoms with Gasteiger partial charge in [0, 0.05) is 5.56 Å². The fourth-order valence-corrected chi connectivity index (χ4v) is 3.83. The predicted octanol–water partition coefficient (Wildman–Crippen LogP) is 3.02. The Bertz CT molecular complexity index is 1160. The number of anilines is 1. The number of Topliss-reactive ketones (excluding diaryl/α,β-unsaturated/α-hetero) is 1. The summed E-state index contributed by atoms with van der Waals surface area (Å²) in [5, 5.41) is 28.6. The zero-order valence-electron chi connectivity index (χ0n) is 15.4. The zero-order chi connectivity index (χ0) is 21.4. The van der Waals surface area contributed by atoms with Crippen molar-refractivity contribution in [1.29, 1.82) is 0 Å². The average Bonchev–Trinajstić information content (AvgIpc) is 3.35. The highest BCUT2D eigenvalue weighted by atomic mass is 32.1. The molecular formula is C20H14FN3O5S. The number of phenols is 1. The van der Waals surface area contributed by atoms with E-state index < -0.39 is 29.3 Å². The van der Waals surface area contributed by atoms with E-state index in [1.807, 2.05) is 0 Å². The van der Waals surface area contributed by atoms with Crippen LogP contribution < -0.4 is 9.64 Å². The maximum Gasteiger partial charge on any atom is 0.301 e. The number of rotatable bonds is 4. The van der Waals surface area contributed by atoms with Crippen LogP contribution in [0, 0.1) is 5.82 Å². The largest absolute Gasteiger partial charge is 0.507 e. The molecule has 4 rings (SSSR count). The lowest BCUT2D eigenvalue weighted by molar-refractivity contribution is -0.132. The van der Waals surface area contributed by atoms with Crippen molar-refractivity contribution in [3.8, 4) is 11.5 Å². The van der Waals surface area contributed by atoms with Crippen LogP contribution in [0.25, 0.3) is 5.76 Å². The normalized spacial score (nSPS) is 18.1. The van der Waals surface area contributed by atoms with Gasteiger partial charge in [-0.05, 0) is 42.0 Å². The van der Waals surface area contributed by atoms with E-state index in [1.165, 1.54) is 43.0 Å². The Kier molecular flexibility index (Phi) is 4.92. The minimum atomic E-state index is -1.06. The number of carbonyl (C=O) groups excluding carboxylic acids is 2. The molecule has 152 valence electrons. The maximum atomic E-state index is 13.3. The summed E-state index contributed by atoms with van der Waals surface area (Å²) in [5.74, 6) is -2.81. The lowest BCUT2D eigenvalue weighted by Crippen LogP contribution is -2.29. The number of aromatic nitrogens is 2. The predicted molar refractivity (Wildman–Crippen MR) is 106 cm³/mol. The standard InChI is InChI=1S/C20H14FN3O5S/c1-29-14-8-11(4-7-13(14)25)16-15(17(26)10-2-5-12(21)6-3-10)18(27)19(28)24(16)20-23-22-9-30-20/h2-9,16,25-26H,1H3/b17-15+/t16-/m1/s1. The van der Waals surface area contributed by atoms with Gasteiger partial charge >= 0.3 is 5.91 Å². The Morgan fingerprint density at radius 1 is 1.20 bits per heavy atom. The van der Waals surface area contributed by atoms with Gasteiger partial charge in [0.05, 0.1) is 18.7 Å². The molecule has 2 heterocycles. The molecule has 0 spiro atoms. The number of phenolic OH excluding ortho intramolecular Hbond substituents is 1. The molecule has 2 N–H and O–H groups in total. The van der Waals surface area contributed by atoms with Crippen molar-refractivity contribution in [3.63, 3.8) is 0 Å². The molecular weight excluding hydrogens is 413 g/mol. The molecule has 10 heteroatoms.